The molecule has 0 aliphatic carbocycles. The maximum Gasteiger partial charge on any atom is 0.0762 e. The van der Waals surface area contributed by atoms with Crippen molar-refractivity contribution in [1.82, 2.24) is 15.1 Å². The lowest BCUT2D eigenvalue weighted by Crippen LogP contribution is -2.22. The predicted molar refractivity (Wildman–Crippen MR) is 45.2 cm³/mol. The highest BCUT2D eigenvalue weighted by Gasteiger charge is 1.96. The Morgan fingerprint density at radius 1 is 1.64 bits per heavy atom. The van der Waals surface area contributed by atoms with E-state index in [2.05, 4.69) is 24.3 Å². The molecule has 0 saturated heterocycles. The molecule has 0 radical (unpaired) electrons. The van der Waals surface area contributed by atoms with E-state index in [1.165, 1.54) is 0 Å². The van der Waals surface area contributed by atoms with Gasteiger partial charge in [-0.15, -0.1) is 0 Å². The summed E-state index contributed by atoms with van der Waals surface area (Å²) in [5.74, 6) is 0. The highest BCUT2D eigenvalue weighted by Crippen LogP contribution is 1.93. The van der Waals surface area contributed by atoms with Crippen LogP contribution in [0.4, 0.5) is 0 Å². The van der Waals surface area contributed by atoms with Crippen LogP contribution in [0.15, 0.2) is 12.3 Å². The van der Waals surface area contributed by atoms with Crippen LogP contribution in [0, 0.1) is 0 Å². The van der Waals surface area contributed by atoms with Crippen molar-refractivity contribution in [2.45, 2.75) is 26.4 Å². The lowest BCUT2D eigenvalue weighted by atomic mass is 10.3. The molecule has 1 heterocycles. The predicted octanol–water partition coefficient (Wildman–Crippen LogP) is 0.918. The quantitative estimate of drug-likeness (QED) is 0.699. The van der Waals surface area contributed by atoms with Gasteiger partial charge in [-0.2, -0.15) is 5.10 Å². The Bertz CT molecular complexity index is 215. The molecule has 0 atom stereocenters. The first-order valence-corrected chi connectivity index (χ1v) is 3.90. The number of nitrogens with zero attached hydrogens (tertiary/aromatic N) is 2. The molecule has 0 spiro atoms. The molecule has 0 unspecified atom stereocenters. The van der Waals surface area contributed by atoms with E-state index in [0.717, 1.165) is 12.2 Å². The number of aromatic nitrogens is 2. The molecule has 1 rings (SSSR count). The summed E-state index contributed by atoms with van der Waals surface area (Å²) in [4.78, 5) is 0. The summed E-state index contributed by atoms with van der Waals surface area (Å²) in [7, 11) is 1.93. The van der Waals surface area contributed by atoms with E-state index in [1.807, 2.05) is 24.0 Å². The second-order valence-electron chi connectivity index (χ2n) is 3.02. The van der Waals surface area contributed by atoms with Gasteiger partial charge < -0.3 is 5.32 Å². The van der Waals surface area contributed by atoms with Gasteiger partial charge in [0.1, 0.15) is 0 Å². The standard InChI is InChI=1S/C8H15N3/c1-7(2)9-6-8-4-5-11(3)10-8/h4-5,7,9H,6H2,1-3H3. The molecule has 1 N–H and O–H groups in total. The first-order chi connectivity index (χ1) is 5.18. The van der Waals surface area contributed by atoms with Gasteiger partial charge in [0, 0.05) is 25.8 Å². The molecule has 3 heteroatoms. The molecular formula is C8H15N3. The van der Waals surface area contributed by atoms with Crippen LogP contribution < -0.4 is 5.32 Å². The van der Waals surface area contributed by atoms with Crippen LogP contribution in [0.25, 0.3) is 0 Å². The largest absolute Gasteiger partial charge is 0.309 e. The van der Waals surface area contributed by atoms with Gasteiger partial charge in [-0.25, -0.2) is 0 Å². The number of rotatable bonds is 3. The summed E-state index contributed by atoms with van der Waals surface area (Å²) in [5, 5.41) is 7.54. The van der Waals surface area contributed by atoms with E-state index in [1.54, 1.807) is 0 Å². The minimum Gasteiger partial charge on any atom is -0.309 e. The molecule has 0 aromatic carbocycles. The molecule has 11 heavy (non-hydrogen) atoms. The Labute approximate surface area is 67.4 Å². The first-order valence-electron chi connectivity index (χ1n) is 3.90. The van der Waals surface area contributed by atoms with Crippen LogP contribution in [0.1, 0.15) is 19.5 Å². The number of nitrogens with one attached hydrogen (secondary N) is 1. The highest BCUT2D eigenvalue weighted by molar-refractivity contribution is 4.97. The van der Waals surface area contributed by atoms with Gasteiger partial charge in [-0.1, -0.05) is 13.8 Å². The molecule has 1 aromatic heterocycles. The monoisotopic (exact) mass is 153 g/mol. The second-order valence-corrected chi connectivity index (χ2v) is 3.02. The Kier molecular flexibility index (Phi) is 2.65. The van der Waals surface area contributed by atoms with Crippen molar-refractivity contribution in [1.29, 1.82) is 0 Å². The second kappa shape index (κ2) is 3.53. The van der Waals surface area contributed by atoms with E-state index >= 15 is 0 Å². The van der Waals surface area contributed by atoms with Gasteiger partial charge in [-0.3, -0.25) is 4.68 Å². The van der Waals surface area contributed by atoms with Crippen LogP contribution in [0.5, 0.6) is 0 Å². The summed E-state index contributed by atoms with van der Waals surface area (Å²) in [6, 6.07) is 2.55. The van der Waals surface area contributed by atoms with Crippen molar-refractivity contribution in [2.24, 2.45) is 7.05 Å². The SMILES string of the molecule is CC(C)NCc1ccn(C)n1. The van der Waals surface area contributed by atoms with E-state index in [-0.39, 0.29) is 0 Å². The molecule has 0 fully saturated rings. The van der Waals surface area contributed by atoms with E-state index in [9.17, 15) is 0 Å². The fraction of sp³-hybridized carbons (Fsp3) is 0.625. The van der Waals surface area contributed by atoms with Crippen molar-refractivity contribution in [3.63, 3.8) is 0 Å². The van der Waals surface area contributed by atoms with Crippen molar-refractivity contribution < 1.29 is 0 Å². The summed E-state index contributed by atoms with van der Waals surface area (Å²) in [6.45, 7) is 5.12. The molecule has 0 saturated carbocycles. The average Bonchev–Trinajstić information content (AvgIpc) is 2.31. The Balaban J connectivity index is 2.39. The van der Waals surface area contributed by atoms with Gasteiger partial charge in [0.05, 0.1) is 5.69 Å². The normalized spacial score (nSPS) is 10.9. The maximum absolute atomic E-state index is 4.24. The van der Waals surface area contributed by atoms with Crippen LogP contribution in [-0.2, 0) is 13.6 Å². The molecule has 0 aliphatic heterocycles. The van der Waals surface area contributed by atoms with Crippen LogP contribution in [-0.4, -0.2) is 15.8 Å². The first kappa shape index (κ1) is 8.27. The molecule has 1 aromatic rings. The smallest absolute Gasteiger partial charge is 0.0762 e. The third kappa shape index (κ3) is 2.72. The van der Waals surface area contributed by atoms with Crippen LogP contribution in [0.3, 0.4) is 0 Å². The average molecular weight is 153 g/mol. The van der Waals surface area contributed by atoms with Crippen molar-refractivity contribution in [3.05, 3.63) is 18.0 Å². The topological polar surface area (TPSA) is 29.9 Å². The van der Waals surface area contributed by atoms with Crippen LogP contribution in [0.2, 0.25) is 0 Å². The lowest BCUT2D eigenvalue weighted by Gasteiger charge is -2.04. The summed E-state index contributed by atoms with van der Waals surface area (Å²) >= 11 is 0. The lowest BCUT2D eigenvalue weighted by molar-refractivity contribution is 0.574. The number of hydrogen-bond acceptors (Lipinski definition) is 2. The molecular weight excluding hydrogens is 138 g/mol. The molecule has 0 aliphatic rings. The van der Waals surface area contributed by atoms with Gasteiger partial charge >= 0.3 is 0 Å². The Hall–Kier alpha value is -0.830. The summed E-state index contributed by atoms with van der Waals surface area (Å²) in [5.41, 5.74) is 1.10. The van der Waals surface area contributed by atoms with E-state index in [0.29, 0.717) is 6.04 Å². The van der Waals surface area contributed by atoms with Gasteiger partial charge in [0.2, 0.25) is 0 Å². The zero-order valence-corrected chi connectivity index (χ0v) is 7.33. The van der Waals surface area contributed by atoms with Crippen molar-refractivity contribution in [3.8, 4) is 0 Å². The summed E-state index contributed by atoms with van der Waals surface area (Å²) < 4.78 is 1.82. The molecule has 0 bridgehead atoms. The maximum atomic E-state index is 4.24. The Morgan fingerprint density at radius 3 is 2.82 bits per heavy atom. The molecule has 0 amide bonds. The molecule has 62 valence electrons. The van der Waals surface area contributed by atoms with Gasteiger partial charge in [0.15, 0.2) is 0 Å². The minimum atomic E-state index is 0.525. The van der Waals surface area contributed by atoms with Gasteiger partial charge in [-0.05, 0) is 6.07 Å². The van der Waals surface area contributed by atoms with E-state index < -0.39 is 0 Å². The molecule has 3 nitrogen and oxygen atoms in total. The van der Waals surface area contributed by atoms with Gasteiger partial charge in [0.25, 0.3) is 0 Å². The zero-order chi connectivity index (χ0) is 8.27. The minimum absolute atomic E-state index is 0.525. The van der Waals surface area contributed by atoms with E-state index in [4.69, 9.17) is 0 Å². The third-order valence-electron chi connectivity index (χ3n) is 1.46. The van der Waals surface area contributed by atoms with Crippen LogP contribution >= 0.6 is 0 Å². The fourth-order valence-corrected chi connectivity index (χ4v) is 0.866. The fourth-order valence-electron chi connectivity index (χ4n) is 0.866. The number of hydrogen-bond donors (Lipinski definition) is 1. The number of aryl methyl sites for hydroxylation is 1. The zero-order valence-electron chi connectivity index (χ0n) is 7.33. The summed E-state index contributed by atoms with van der Waals surface area (Å²) in [6.07, 6.45) is 1.96. The third-order valence-corrected chi connectivity index (χ3v) is 1.46. The van der Waals surface area contributed by atoms with Crippen molar-refractivity contribution >= 4 is 0 Å². The van der Waals surface area contributed by atoms with Crippen molar-refractivity contribution in [2.75, 3.05) is 0 Å². The Morgan fingerprint density at radius 2 is 2.36 bits per heavy atom. The highest BCUT2D eigenvalue weighted by atomic mass is 15.3.